The number of nitrogens with one attached hydrogen (secondary N) is 1. The zero-order valence-corrected chi connectivity index (χ0v) is 17.2. The molecule has 0 amide bonds. The number of rotatable bonds is 4. The van der Waals surface area contributed by atoms with Gasteiger partial charge in [0.2, 0.25) is 0 Å². The third-order valence-corrected chi connectivity index (χ3v) is 5.87. The highest BCUT2D eigenvalue weighted by Crippen LogP contribution is 2.47. The zero-order chi connectivity index (χ0) is 20.0. The average molecular weight is 404 g/mol. The molecule has 2 aromatic heterocycles. The van der Waals surface area contributed by atoms with Crippen molar-refractivity contribution in [2.24, 2.45) is 5.41 Å². The summed E-state index contributed by atoms with van der Waals surface area (Å²) in [6, 6.07) is 18.8. The van der Waals surface area contributed by atoms with Gasteiger partial charge in [0.05, 0.1) is 6.42 Å². The van der Waals surface area contributed by atoms with Gasteiger partial charge in [0.1, 0.15) is 0 Å². The minimum absolute atomic E-state index is 0.212. The minimum Gasteiger partial charge on any atom is -0.346 e. The summed E-state index contributed by atoms with van der Waals surface area (Å²) in [7, 11) is 0. The average Bonchev–Trinajstić information content (AvgIpc) is 3.39. The van der Waals surface area contributed by atoms with Crippen LogP contribution in [0.15, 0.2) is 54.6 Å². The fraction of sp³-hybridized carbons (Fsp3) is 0.261. The number of benzene rings is 2. The van der Waals surface area contributed by atoms with Crippen molar-refractivity contribution in [2.45, 2.75) is 33.2 Å². The Hall–Kier alpha value is -2.92. The van der Waals surface area contributed by atoms with E-state index in [2.05, 4.69) is 81.5 Å². The predicted octanol–water partition coefficient (Wildman–Crippen LogP) is 5.16. The Bertz CT molecular complexity index is 1140. The van der Waals surface area contributed by atoms with E-state index in [1.807, 2.05) is 12.1 Å². The van der Waals surface area contributed by atoms with Gasteiger partial charge in [0.25, 0.3) is 0 Å². The number of aromatic nitrogens is 5. The summed E-state index contributed by atoms with van der Waals surface area (Å²) in [6.07, 6.45) is 1.66. The lowest BCUT2D eigenvalue weighted by atomic mass is 9.86. The predicted molar refractivity (Wildman–Crippen MR) is 115 cm³/mol. The van der Waals surface area contributed by atoms with E-state index in [1.165, 1.54) is 28.1 Å². The van der Waals surface area contributed by atoms with Crippen molar-refractivity contribution < 1.29 is 0 Å². The van der Waals surface area contributed by atoms with Gasteiger partial charge in [0.15, 0.2) is 5.82 Å². The molecule has 0 saturated carbocycles. The first-order valence-corrected chi connectivity index (χ1v) is 10.2. The summed E-state index contributed by atoms with van der Waals surface area (Å²) in [5.74, 6) is 0.699. The maximum atomic E-state index is 6.19. The molecule has 0 spiro atoms. The van der Waals surface area contributed by atoms with Crippen LogP contribution in [0, 0.1) is 5.41 Å². The van der Waals surface area contributed by atoms with Crippen LogP contribution < -0.4 is 0 Å². The summed E-state index contributed by atoms with van der Waals surface area (Å²) < 4.78 is 2.47. The van der Waals surface area contributed by atoms with Gasteiger partial charge in [-0.15, -0.1) is 10.2 Å². The number of fused-ring (bicyclic) bond motifs is 1. The van der Waals surface area contributed by atoms with Crippen LogP contribution in [0.3, 0.4) is 0 Å². The van der Waals surface area contributed by atoms with Crippen molar-refractivity contribution in [3.63, 3.8) is 0 Å². The normalized spacial score (nSPS) is 14.9. The molecule has 0 aliphatic carbocycles. The molecule has 0 atom stereocenters. The second-order valence-corrected chi connectivity index (χ2v) is 8.88. The molecule has 3 heterocycles. The Balaban J connectivity index is 1.80. The van der Waals surface area contributed by atoms with E-state index >= 15 is 0 Å². The van der Waals surface area contributed by atoms with Crippen molar-refractivity contribution in [1.29, 1.82) is 0 Å². The molecule has 5 rings (SSSR count). The smallest absolute Gasteiger partial charge is 0.180 e. The summed E-state index contributed by atoms with van der Waals surface area (Å²) in [5.41, 5.74) is 7.76. The minimum atomic E-state index is 0.212. The molecular weight excluding hydrogens is 382 g/mol. The molecule has 146 valence electrons. The molecule has 29 heavy (non-hydrogen) atoms. The topological polar surface area (TPSA) is 59.4 Å². The summed E-state index contributed by atoms with van der Waals surface area (Å²) in [4.78, 5) is 0. The van der Waals surface area contributed by atoms with E-state index in [4.69, 9.17) is 11.6 Å². The molecule has 1 aliphatic heterocycles. The molecule has 0 unspecified atom stereocenters. The van der Waals surface area contributed by atoms with Crippen LogP contribution in [0.1, 0.15) is 31.1 Å². The number of hydrogen-bond acceptors (Lipinski definition) is 3. The number of hydrogen-bond donors (Lipinski definition) is 1. The van der Waals surface area contributed by atoms with Crippen LogP contribution in [0.25, 0.3) is 22.3 Å². The van der Waals surface area contributed by atoms with Gasteiger partial charge in [-0.3, -0.25) is 0 Å². The zero-order valence-electron chi connectivity index (χ0n) is 16.5. The SMILES string of the molecule is CC1(C)Cc2c(-c3ccccc3)c(-c3ccc(Cl)cc3)c(Cc3nn[nH]n3)n2C1. The summed E-state index contributed by atoms with van der Waals surface area (Å²) in [5, 5.41) is 15.5. The largest absolute Gasteiger partial charge is 0.346 e. The molecule has 4 aromatic rings. The van der Waals surface area contributed by atoms with Gasteiger partial charge in [0, 0.05) is 34.1 Å². The maximum absolute atomic E-state index is 6.19. The Labute approximate surface area is 174 Å². The van der Waals surface area contributed by atoms with Gasteiger partial charge in [-0.1, -0.05) is 73.1 Å². The van der Waals surface area contributed by atoms with Crippen molar-refractivity contribution in [1.82, 2.24) is 25.2 Å². The molecule has 0 fully saturated rings. The monoisotopic (exact) mass is 403 g/mol. The van der Waals surface area contributed by atoms with Crippen molar-refractivity contribution >= 4 is 11.6 Å². The molecule has 6 heteroatoms. The maximum Gasteiger partial charge on any atom is 0.180 e. The lowest BCUT2D eigenvalue weighted by molar-refractivity contribution is 0.356. The Morgan fingerprint density at radius 2 is 1.72 bits per heavy atom. The van der Waals surface area contributed by atoms with E-state index in [0.29, 0.717) is 12.2 Å². The van der Waals surface area contributed by atoms with Crippen LogP contribution in [-0.4, -0.2) is 25.2 Å². The number of H-pyrrole nitrogens is 1. The van der Waals surface area contributed by atoms with Gasteiger partial charge < -0.3 is 4.57 Å². The highest BCUT2D eigenvalue weighted by atomic mass is 35.5. The Morgan fingerprint density at radius 3 is 2.41 bits per heavy atom. The van der Waals surface area contributed by atoms with Crippen molar-refractivity contribution in [3.8, 4) is 22.3 Å². The third kappa shape index (κ3) is 3.25. The third-order valence-electron chi connectivity index (χ3n) is 5.62. The first-order chi connectivity index (χ1) is 14.0. The lowest BCUT2D eigenvalue weighted by Crippen LogP contribution is -2.14. The van der Waals surface area contributed by atoms with Gasteiger partial charge in [-0.05, 0) is 35.1 Å². The molecule has 5 nitrogen and oxygen atoms in total. The Morgan fingerprint density at radius 1 is 1.00 bits per heavy atom. The van der Waals surface area contributed by atoms with E-state index < -0.39 is 0 Å². The fourth-order valence-corrected chi connectivity index (χ4v) is 4.59. The van der Waals surface area contributed by atoms with Crippen LogP contribution in [0.2, 0.25) is 5.02 Å². The number of aromatic amines is 1. The standard InChI is InChI=1S/C23H22ClN5/c1-23(2)13-19-22(15-6-4-3-5-7-15)21(16-8-10-17(24)11-9-16)18(29(19)14-23)12-20-25-27-28-26-20/h3-11H,12-14H2,1-2H3,(H,25,26,27,28). The number of halogens is 1. The first-order valence-electron chi connectivity index (χ1n) is 9.80. The van der Waals surface area contributed by atoms with Crippen molar-refractivity contribution in [3.05, 3.63) is 76.8 Å². The lowest BCUT2D eigenvalue weighted by Gasteiger charge is -2.19. The van der Waals surface area contributed by atoms with Gasteiger partial charge in [-0.2, -0.15) is 5.21 Å². The van der Waals surface area contributed by atoms with E-state index in [9.17, 15) is 0 Å². The van der Waals surface area contributed by atoms with Gasteiger partial charge in [-0.25, -0.2) is 0 Å². The second kappa shape index (κ2) is 6.85. The van der Waals surface area contributed by atoms with Crippen LogP contribution in [-0.2, 0) is 19.4 Å². The molecule has 0 radical (unpaired) electrons. The Kier molecular flexibility index (Phi) is 4.28. The molecular formula is C23H22ClN5. The first kappa shape index (κ1) is 18.1. The molecule has 0 bridgehead atoms. The molecule has 0 saturated heterocycles. The van der Waals surface area contributed by atoms with E-state index in [1.54, 1.807) is 0 Å². The quantitative estimate of drug-likeness (QED) is 0.511. The van der Waals surface area contributed by atoms with Crippen LogP contribution in [0.5, 0.6) is 0 Å². The second-order valence-electron chi connectivity index (χ2n) is 8.45. The van der Waals surface area contributed by atoms with E-state index in [-0.39, 0.29) is 5.41 Å². The highest BCUT2D eigenvalue weighted by Gasteiger charge is 2.36. The summed E-state index contributed by atoms with van der Waals surface area (Å²) in [6.45, 7) is 5.63. The van der Waals surface area contributed by atoms with Crippen molar-refractivity contribution in [2.75, 3.05) is 0 Å². The molecule has 1 aliphatic rings. The number of tetrazole rings is 1. The van der Waals surface area contributed by atoms with Crippen LogP contribution >= 0.6 is 11.6 Å². The molecule has 2 aromatic carbocycles. The van der Waals surface area contributed by atoms with Gasteiger partial charge >= 0.3 is 0 Å². The summed E-state index contributed by atoms with van der Waals surface area (Å²) >= 11 is 6.19. The number of nitrogens with zero attached hydrogens (tertiary/aromatic N) is 4. The van der Waals surface area contributed by atoms with Crippen LogP contribution in [0.4, 0.5) is 0 Å². The fourth-order valence-electron chi connectivity index (χ4n) is 4.47. The highest BCUT2D eigenvalue weighted by molar-refractivity contribution is 6.30. The van der Waals surface area contributed by atoms with E-state index in [0.717, 1.165) is 23.6 Å². The molecule has 1 N–H and O–H groups in total.